The fourth-order valence-corrected chi connectivity index (χ4v) is 4.10. The predicted octanol–water partition coefficient (Wildman–Crippen LogP) is 2.84. The van der Waals surface area contributed by atoms with Crippen LogP contribution < -0.4 is 11.2 Å². The molecule has 1 aromatic heterocycles. The van der Waals surface area contributed by atoms with Gasteiger partial charge < -0.3 is 5.73 Å². The first-order valence-electron chi connectivity index (χ1n) is 9.75. The van der Waals surface area contributed by atoms with Gasteiger partial charge in [-0.05, 0) is 43.0 Å². The maximum Gasteiger partial charge on any atom is 0.271 e. The van der Waals surface area contributed by atoms with Crippen molar-refractivity contribution < 1.29 is 9.59 Å². The van der Waals surface area contributed by atoms with Crippen molar-refractivity contribution in [1.29, 1.82) is 5.26 Å². The third-order valence-corrected chi connectivity index (χ3v) is 5.55. The van der Waals surface area contributed by atoms with E-state index in [4.69, 9.17) is 5.73 Å². The summed E-state index contributed by atoms with van der Waals surface area (Å²) < 4.78 is 0. The van der Waals surface area contributed by atoms with Crippen LogP contribution in [0.2, 0.25) is 0 Å². The molecule has 7 nitrogen and oxygen atoms in total. The summed E-state index contributed by atoms with van der Waals surface area (Å²) in [7, 11) is 0. The van der Waals surface area contributed by atoms with E-state index in [2.05, 4.69) is 16.5 Å². The van der Waals surface area contributed by atoms with Crippen molar-refractivity contribution in [3.8, 4) is 6.07 Å². The smallest absolute Gasteiger partial charge is 0.271 e. The molecule has 1 atom stereocenters. The van der Waals surface area contributed by atoms with Gasteiger partial charge in [0.05, 0.1) is 23.1 Å². The van der Waals surface area contributed by atoms with E-state index >= 15 is 0 Å². The van der Waals surface area contributed by atoms with Crippen LogP contribution in [0.15, 0.2) is 71.5 Å². The van der Waals surface area contributed by atoms with Gasteiger partial charge in [-0.25, -0.2) is 5.01 Å². The van der Waals surface area contributed by atoms with Gasteiger partial charge in [-0.1, -0.05) is 24.3 Å². The Balaban J connectivity index is 1.84. The highest BCUT2D eigenvalue weighted by Crippen LogP contribution is 2.44. The Kier molecular flexibility index (Phi) is 5.07. The molecule has 0 saturated heterocycles. The van der Waals surface area contributed by atoms with Gasteiger partial charge in [0.1, 0.15) is 5.82 Å². The topological polar surface area (TPSA) is 112 Å². The number of allylic oxidation sites excluding steroid dienone is 3. The zero-order valence-electron chi connectivity index (χ0n) is 16.6. The number of nitriles is 1. The molecular weight excluding hydrogens is 378 g/mol. The van der Waals surface area contributed by atoms with Crippen LogP contribution >= 0.6 is 0 Å². The number of ketones is 1. The van der Waals surface area contributed by atoms with Crippen molar-refractivity contribution in [3.63, 3.8) is 0 Å². The molecule has 150 valence electrons. The number of hydrazine groups is 1. The number of nitrogens with two attached hydrogens (primary N) is 1. The molecule has 2 heterocycles. The van der Waals surface area contributed by atoms with Gasteiger partial charge in [0.25, 0.3) is 5.91 Å². The lowest BCUT2D eigenvalue weighted by atomic mass is 9.75. The van der Waals surface area contributed by atoms with Crippen LogP contribution in [0, 0.1) is 18.3 Å². The number of rotatable bonds is 3. The average molecular weight is 399 g/mol. The molecular formula is C23H21N5O2. The number of pyridine rings is 1. The Morgan fingerprint density at radius 2 is 2.07 bits per heavy atom. The third kappa shape index (κ3) is 3.22. The molecule has 0 bridgehead atoms. The number of hydrogen-bond donors (Lipinski definition) is 2. The van der Waals surface area contributed by atoms with Gasteiger partial charge in [0.2, 0.25) is 0 Å². The van der Waals surface area contributed by atoms with Crippen molar-refractivity contribution in [2.75, 3.05) is 0 Å². The first-order chi connectivity index (χ1) is 14.5. The summed E-state index contributed by atoms with van der Waals surface area (Å²) in [4.78, 5) is 29.7. The Hall–Kier alpha value is -3.92. The van der Waals surface area contributed by atoms with E-state index < -0.39 is 11.8 Å². The lowest BCUT2D eigenvalue weighted by Gasteiger charge is -2.39. The lowest BCUT2D eigenvalue weighted by molar-refractivity contribution is -0.116. The minimum Gasteiger partial charge on any atom is -0.383 e. The van der Waals surface area contributed by atoms with Gasteiger partial charge in [0, 0.05) is 30.1 Å². The Morgan fingerprint density at radius 3 is 2.77 bits per heavy atom. The van der Waals surface area contributed by atoms with E-state index in [-0.39, 0.29) is 17.2 Å². The highest BCUT2D eigenvalue weighted by atomic mass is 16.2. The Bertz CT molecular complexity index is 1130. The predicted molar refractivity (Wildman–Crippen MR) is 110 cm³/mol. The van der Waals surface area contributed by atoms with Crippen LogP contribution in [0.5, 0.6) is 0 Å². The molecule has 2 aliphatic rings. The number of aryl methyl sites for hydroxylation is 1. The summed E-state index contributed by atoms with van der Waals surface area (Å²) in [5, 5.41) is 11.4. The van der Waals surface area contributed by atoms with Gasteiger partial charge in [0.15, 0.2) is 5.78 Å². The SMILES string of the molecule is Cc1ccccc1C1C(C#N)=C(N)N(NC(=O)c2cccnc2)C2=C1C(=O)CCC2. The Morgan fingerprint density at radius 1 is 1.27 bits per heavy atom. The van der Waals surface area contributed by atoms with E-state index in [1.807, 2.05) is 31.2 Å². The largest absolute Gasteiger partial charge is 0.383 e. The van der Waals surface area contributed by atoms with Crippen molar-refractivity contribution in [3.05, 3.63) is 88.1 Å². The first-order valence-corrected chi connectivity index (χ1v) is 9.75. The molecule has 0 saturated carbocycles. The van der Waals surface area contributed by atoms with Crippen LogP contribution in [0.1, 0.15) is 46.7 Å². The number of carbonyl (C=O) groups excluding carboxylic acids is 2. The maximum absolute atomic E-state index is 13.0. The van der Waals surface area contributed by atoms with Crippen LogP contribution in [-0.2, 0) is 4.79 Å². The molecule has 0 fully saturated rings. The zero-order valence-corrected chi connectivity index (χ0v) is 16.6. The highest BCUT2D eigenvalue weighted by Gasteiger charge is 2.40. The van der Waals surface area contributed by atoms with Crippen molar-refractivity contribution in [2.24, 2.45) is 5.73 Å². The fourth-order valence-electron chi connectivity index (χ4n) is 4.10. The zero-order chi connectivity index (χ0) is 21.3. The van der Waals surface area contributed by atoms with Crippen LogP contribution in [-0.4, -0.2) is 21.7 Å². The first kappa shape index (κ1) is 19.4. The fraction of sp³-hybridized carbons (Fsp3) is 0.217. The van der Waals surface area contributed by atoms with Gasteiger partial charge in [-0.2, -0.15) is 5.26 Å². The second-order valence-corrected chi connectivity index (χ2v) is 7.36. The molecule has 4 rings (SSSR count). The summed E-state index contributed by atoms with van der Waals surface area (Å²) in [6.45, 7) is 1.95. The molecule has 1 amide bonds. The van der Waals surface area contributed by atoms with Gasteiger partial charge >= 0.3 is 0 Å². The van der Waals surface area contributed by atoms with Crippen molar-refractivity contribution in [1.82, 2.24) is 15.4 Å². The van der Waals surface area contributed by atoms with Crippen LogP contribution in [0.25, 0.3) is 0 Å². The quantitative estimate of drug-likeness (QED) is 0.821. The van der Waals surface area contributed by atoms with E-state index in [0.29, 0.717) is 36.1 Å². The molecule has 1 unspecified atom stereocenters. The number of amides is 1. The van der Waals surface area contributed by atoms with E-state index in [1.165, 1.54) is 11.2 Å². The van der Waals surface area contributed by atoms with E-state index in [9.17, 15) is 14.9 Å². The van der Waals surface area contributed by atoms with Crippen molar-refractivity contribution >= 4 is 11.7 Å². The molecule has 3 N–H and O–H groups in total. The molecule has 2 aromatic rings. The van der Waals surface area contributed by atoms with Crippen LogP contribution in [0.4, 0.5) is 0 Å². The highest BCUT2D eigenvalue weighted by molar-refractivity contribution is 6.00. The summed E-state index contributed by atoms with van der Waals surface area (Å²) in [5.74, 6) is -0.838. The molecule has 1 aliphatic heterocycles. The normalized spacial score (nSPS) is 18.7. The van der Waals surface area contributed by atoms with Crippen molar-refractivity contribution in [2.45, 2.75) is 32.1 Å². The summed E-state index contributed by atoms with van der Waals surface area (Å²) in [5.41, 5.74) is 12.8. The summed E-state index contributed by atoms with van der Waals surface area (Å²) >= 11 is 0. The molecule has 30 heavy (non-hydrogen) atoms. The molecule has 1 aliphatic carbocycles. The number of benzene rings is 1. The number of carbonyl (C=O) groups is 2. The molecule has 0 spiro atoms. The number of aromatic nitrogens is 1. The third-order valence-electron chi connectivity index (χ3n) is 5.55. The number of Topliss-reactive ketones (excluding diaryl/α,β-unsaturated/α-hetero) is 1. The number of nitrogens with one attached hydrogen (secondary N) is 1. The lowest BCUT2D eigenvalue weighted by Crippen LogP contribution is -2.48. The van der Waals surface area contributed by atoms with Crippen LogP contribution in [0.3, 0.4) is 0 Å². The molecule has 1 aromatic carbocycles. The van der Waals surface area contributed by atoms with Gasteiger partial charge in [-0.3, -0.25) is 20.0 Å². The monoisotopic (exact) mass is 399 g/mol. The Labute approximate surface area is 174 Å². The van der Waals surface area contributed by atoms with Gasteiger partial charge in [-0.15, -0.1) is 0 Å². The second-order valence-electron chi connectivity index (χ2n) is 7.36. The second kappa shape index (κ2) is 7.84. The summed E-state index contributed by atoms with van der Waals surface area (Å²) in [6.07, 6.45) is 4.67. The number of nitrogens with zero attached hydrogens (tertiary/aromatic N) is 3. The average Bonchev–Trinajstić information content (AvgIpc) is 2.76. The number of hydrogen-bond acceptors (Lipinski definition) is 6. The molecule has 7 heteroatoms. The minimum absolute atomic E-state index is 0.0228. The summed E-state index contributed by atoms with van der Waals surface area (Å²) in [6, 6.07) is 13.2. The van der Waals surface area contributed by atoms with E-state index in [1.54, 1.807) is 18.3 Å². The minimum atomic E-state index is -0.537. The maximum atomic E-state index is 13.0. The molecule has 0 radical (unpaired) electrons. The standard InChI is InChI=1S/C23H21N5O2/c1-14-6-2-3-8-16(14)20-17(12-24)22(25)28(18-9-4-10-19(29)21(18)20)27-23(30)15-7-5-11-26-13-15/h2-3,5-8,11,13,20H,4,9-10,25H2,1H3,(H,27,30). The van der Waals surface area contributed by atoms with E-state index in [0.717, 1.165) is 11.1 Å².